The summed E-state index contributed by atoms with van der Waals surface area (Å²) < 4.78 is 10.4. The first-order valence-corrected chi connectivity index (χ1v) is 8.34. The molecule has 0 fully saturated rings. The number of hydrogen-bond donors (Lipinski definition) is 2. The van der Waals surface area contributed by atoms with Crippen LogP contribution in [0.25, 0.3) is 11.3 Å². The van der Waals surface area contributed by atoms with E-state index in [-0.39, 0.29) is 5.95 Å². The van der Waals surface area contributed by atoms with Gasteiger partial charge in [0.2, 0.25) is 5.95 Å². The predicted molar refractivity (Wildman–Crippen MR) is 104 cm³/mol. The molecule has 2 aromatic carbocycles. The van der Waals surface area contributed by atoms with Crippen LogP contribution in [0, 0.1) is 0 Å². The van der Waals surface area contributed by atoms with Crippen LogP contribution < -0.4 is 20.5 Å². The first-order chi connectivity index (χ1) is 12.7. The number of aromatic nitrogens is 2. The molecule has 26 heavy (non-hydrogen) atoms. The predicted octanol–water partition coefficient (Wildman–Crippen LogP) is 3.40. The topological polar surface area (TPSA) is 82.3 Å². The van der Waals surface area contributed by atoms with Crippen LogP contribution in [-0.2, 0) is 6.42 Å². The highest BCUT2D eigenvalue weighted by Gasteiger charge is 2.05. The average Bonchev–Trinajstić information content (AvgIpc) is 2.68. The van der Waals surface area contributed by atoms with Gasteiger partial charge in [-0.3, -0.25) is 0 Å². The van der Waals surface area contributed by atoms with Crippen molar-refractivity contribution in [3.05, 3.63) is 60.2 Å². The molecule has 0 unspecified atom stereocenters. The van der Waals surface area contributed by atoms with Crippen LogP contribution in [-0.4, -0.2) is 30.7 Å². The number of nitrogen functional groups attached to an aromatic ring is 1. The van der Waals surface area contributed by atoms with Crippen molar-refractivity contribution in [3.8, 4) is 22.8 Å². The number of nitrogens with two attached hydrogens (primary N) is 1. The fraction of sp³-hybridized carbons (Fsp3) is 0.200. The summed E-state index contributed by atoms with van der Waals surface area (Å²) in [5.41, 5.74) is 8.81. The molecule has 0 aliphatic heterocycles. The lowest BCUT2D eigenvalue weighted by molar-refractivity contribution is 0.414. The van der Waals surface area contributed by atoms with Gasteiger partial charge in [-0.25, -0.2) is 4.98 Å². The van der Waals surface area contributed by atoms with Crippen LogP contribution in [0.5, 0.6) is 11.5 Å². The third-order valence-corrected chi connectivity index (χ3v) is 4.01. The maximum absolute atomic E-state index is 5.87. The highest BCUT2D eigenvalue weighted by molar-refractivity contribution is 5.64. The number of ether oxygens (including phenoxy) is 2. The monoisotopic (exact) mass is 350 g/mol. The Morgan fingerprint density at radius 1 is 0.885 bits per heavy atom. The molecule has 0 saturated carbocycles. The summed E-state index contributed by atoms with van der Waals surface area (Å²) in [4.78, 5) is 8.58. The lowest BCUT2D eigenvalue weighted by Gasteiger charge is -2.09. The fourth-order valence-corrected chi connectivity index (χ4v) is 2.59. The SMILES string of the molecule is COc1ccc(CCNc2cc(-c3ccc(OC)cc3)nc(N)n2)cc1. The van der Waals surface area contributed by atoms with Crippen LogP contribution in [0.15, 0.2) is 54.6 Å². The number of anilines is 2. The van der Waals surface area contributed by atoms with Crippen LogP contribution in [0.3, 0.4) is 0 Å². The number of hydrogen-bond acceptors (Lipinski definition) is 6. The Kier molecular flexibility index (Phi) is 5.53. The molecule has 1 heterocycles. The highest BCUT2D eigenvalue weighted by Crippen LogP contribution is 2.23. The lowest BCUT2D eigenvalue weighted by Crippen LogP contribution is -2.08. The van der Waals surface area contributed by atoms with Crippen molar-refractivity contribution < 1.29 is 9.47 Å². The molecule has 0 bridgehead atoms. The lowest BCUT2D eigenvalue weighted by atomic mass is 10.1. The Morgan fingerprint density at radius 2 is 1.50 bits per heavy atom. The summed E-state index contributed by atoms with van der Waals surface area (Å²) in [6.45, 7) is 0.741. The molecule has 0 amide bonds. The van der Waals surface area contributed by atoms with Crippen LogP contribution in [0.2, 0.25) is 0 Å². The summed E-state index contributed by atoms with van der Waals surface area (Å²) in [5.74, 6) is 2.60. The normalized spacial score (nSPS) is 10.4. The summed E-state index contributed by atoms with van der Waals surface area (Å²) >= 11 is 0. The molecule has 0 atom stereocenters. The van der Waals surface area contributed by atoms with E-state index in [9.17, 15) is 0 Å². The fourth-order valence-electron chi connectivity index (χ4n) is 2.59. The van der Waals surface area contributed by atoms with Gasteiger partial charge in [0.15, 0.2) is 0 Å². The molecule has 3 aromatic rings. The van der Waals surface area contributed by atoms with Crippen molar-refractivity contribution in [3.63, 3.8) is 0 Å². The zero-order chi connectivity index (χ0) is 18.4. The molecule has 0 spiro atoms. The Morgan fingerprint density at radius 3 is 2.12 bits per heavy atom. The zero-order valence-corrected chi connectivity index (χ0v) is 14.9. The highest BCUT2D eigenvalue weighted by atomic mass is 16.5. The summed E-state index contributed by atoms with van der Waals surface area (Å²) in [6, 6.07) is 17.6. The Bertz CT molecular complexity index is 849. The van der Waals surface area contributed by atoms with Crippen molar-refractivity contribution >= 4 is 11.8 Å². The van der Waals surface area contributed by atoms with E-state index < -0.39 is 0 Å². The van der Waals surface area contributed by atoms with E-state index in [1.165, 1.54) is 5.56 Å². The molecule has 0 radical (unpaired) electrons. The second-order valence-corrected chi connectivity index (χ2v) is 5.75. The number of rotatable bonds is 7. The van der Waals surface area contributed by atoms with Gasteiger partial charge in [0.05, 0.1) is 19.9 Å². The van der Waals surface area contributed by atoms with Gasteiger partial charge in [-0.1, -0.05) is 12.1 Å². The molecular formula is C20H22N4O2. The van der Waals surface area contributed by atoms with Crippen LogP contribution >= 0.6 is 0 Å². The van der Waals surface area contributed by atoms with Crippen molar-refractivity contribution in [1.29, 1.82) is 0 Å². The van der Waals surface area contributed by atoms with Crippen molar-refractivity contribution in [1.82, 2.24) is 9.97 Å². The molecule has 3 N–H and O–H groups in total. The van der Waals surface area contributed by atoms with Gasteiger partial charge >= 0.3 is 0 Å². The van der Waals surface area contributed by atoms with Gasteiger partial charge in [-0.05, 0) is 48.4 Å². The Labute approximate surface area is 153 Å². The minimum absolute atomic E-state index is 0.241. The Hall–Kier alpha value is -3.28. The smallest absolute Gasteiger partial charge is 0.222 e. The van der Waals surface area contributed by atoms with E-state index in [4.69, 9.17) is 15.2 Å². The number of methoxy groups -OCH3 is 2. The summed E-state index contributed by atoms with van der Waals surface area (Å²) in [7, 11) is 3.30. The third kappa shape index (κ3) is 4.42. The van der Waals surface area contributed by atoms with E-state index in [0.717, 1.165) is 35.7 Å². The standard InChI is InChI=1S/C20H22N4O2/c1-25-16-7-3-14(4-8-16)11-12-22-19-13-18(23-20(21)24-19)15-5-9-17(26-2)10-6-15/h3-10,13H,11-12H2,1-2H3,(H3,21,22,23,24). The van der Waals surface area contributed by atoms with Crippen molar-refractivity contribution in [2.45, 2.75) is 6.42 Å². The summed E-state index contributed by atoms with van der Waals surface area (Å²) in [5, 5.41) is 3.31. The van der Waals surface area contributed by atoms with Gasteiger partial charge in [0.1, 0.15) is 17.3 Å². The van der Waals surface area contributed by atoms with Gasteiger partial charge in [0, 0.05) is 18.2 Å². The molecule has 134 valence electrons. The molecule has 3 rings (SSSR count). The van der Waals surface area contributed by atoms with E-state index in [1.807, 2.05) is 42.5 Å². The first-order valence-electron chi connectivity index (χ1n) is 8.34. The van der Waals surface area contributed by atoms with Gasteiger partial charge in [-0.2, -0.15) is 4.98 Å². The van der Waals surface area contributed by atoms with E-state index >= 15 is 0 Å². The maximum atomic E-state index is 5.87. The van der Waals surface area contributed by atoms with Gasteiger partial charge in [0.25, 0.3) is 0 Å². The number of nitrogens with one attached hydrogen (secondary N) is 1. The van der Waals surface area contributed by atoms with Crippen molar-refractivity contribution in [2.24, 2.45) is 0 Å². The number of nitrogens with zero attached hydrogens (tertiary/aromatic N) is 2. The molecule has 0 aliphatic rings. The van der Waals surface area contributed by atoms with Crippen LogP contribution in [0.1, 0.15) is 5.56 Å². The molecular weight excluding hydrogens is 328 g/mol. The molecule has 1 aromatic heterocycles. The van der Waals surface area contributed by atoms with Gasteiger partial charge in [-0.15, -0.1) is 0 Å². The minimum atomic E-state index is 0.241. The van der Waals surface area contributed by atoms with Gasteiger partial charge < -0.3 is 20.5 Å². The average molecular weight is 350 g/mol. The van der Waals surface area contributed by atoms with E-state index in [0.29, 0.717) is 5.82 Å². The Balaban J connectivity index is 1.66. The zero-order valence-electron chi connectivity index (χ0n) is 14.9. The second kappa shape index (κ2) is 8.20. The van der Waals surface area contributed by atoms with E-state index in [2.05, 4.69) is 27.4 Å². The molecule has 6 nitrogen and oxygen atoms in total. The molecule has 6 heteroatoms. The maximum Gasteiger partial charge on any atom is 0.222 e. The summed E-state index contributed by atoms with van der Waals surface area (Å²) in [6.07, 6.45) is 0.867. The molecule has 0 saturated heterocycles. The van der Waals surface area contributed by atoms with Crippen molar-refractivity contribution in [2.75, 3.05) is 31.8 Å². The quantitative estimate of drug-likeness (QED) is 0.680. The largest absolute Gasteiger partial charge is 0.497 e. The molecule has 0 aliphatic carbocycles. The second-order valence-electron chi connectivity index (χ2n) is 5.75. The third-order valence-electron chi connectivity index (χ3n) is 4.01. The van der Waals surface area contributed by atoms with E-state index in [1.54, 1.807) is 14.2 Å². The minimum Gasteiger partial charge on any atom is -0.497 e. The number of benzene rings is 2. The van der Waals surface area contributed by atoms with Crippen LogP contribution in [0.4, 0.5) is 11.8 Å². The first kappa shape index (κ1) is 17.5.